The van der Waals surface area contributed by atoms with Gasteiger partial charge in [0.25, 0.3) is 5.91 Å². The number of hydrogen-bond acceptors (Lipinski definition) is 3. The highest BCUT2D eigenvalue weighted by molar-refractivity contribution is 9.10. The maximum atomic E-state index is 12.2. The highest BCUT2D eigenvalue weighted by Crippen LogP contribution is 2.18. The van der Waals surface area contributed by atoms with Gasteiger partial charge in [0.2, 0.25) is 0 Å². The Morgan fingerprint density at radius 1 is 1.47 bits per heavy atom. The molecule has 0 saturated heterocycles. The van der Waals surface area contributed by atoms with Crippen molar-refractivity contribution in [2.45, 2.75) is 13.0 Å². The molecule has 0 radical (unpaired) electrons. The van der Waals surface area contributed by atoms with Crippen LogP contribution in [0.3, 0.4) is 0 Å². The minimum atomic E-state index is -0.541. The first-order valence-electron chi connectivity index (χ1n) is 5.83. The summed E-state index contributed by atoms with van der Waals surface area (Å²) in [4.78, 5) is 12.2. The third-order valence-electron chi connectivity index (χ3n) is 2.82. The van der Waals surface area contributed by atoms with E-state index in [1.807, 2.05) is 19.1 Å². The highest BCUT2D eigenvalue weighted by Gasteiger charge is 2.18. The van der Waals surface area contributed by atoms with Crippen molar-refractivity contribution >= 4 is 21.8 Å². The molecule has 1 heterocycles. The molecule has 19 heavy (non-hydrogen) atoms. The van der Waals surface area contributed by atoms with E-state index in [1.54, 1.807) is 18.2 Å². The molecule has 0 bridgehead atoms. The van der Waals surface area contributed by atoms with Gasteiger partial charge in [-0.3, -0.25) is 4.79 Å². The van der Waals surface area contributed by atoms with Crippen LogP contribution in [0.2, 0.25) is 0 Å². The maximum Gasteiger partial charge on any atom is 0.252 e. The van der Waals surface area contributed by atoms with Gasteiger partial charge in [-0.15, -0.1) is 0 Å². The van der Waals surface area contributed by atoms with Crippen molar-refractivity contribution in [1.29, 1.82) is 0 Å². The molecule has 2 rings (SSSR count). The van der Waals surface area contributed by atoms with Crippen LogP contribution >= 0.6 is 15.9 Å². The van der Waals surface area contributed by atoms with Gasteiger partial charge in [-0.1, -0.05) is 22.0 Å². The summed E-state index contributed by atoms with van der Waals surface area (Å²) in [7, 11) is 0. The highest BCUT2D eigenvalue weighted by atomic mass is 79.9. The summed E-state index contributed by atoms with van der Waals surface area (Å²) in [6.07, 6.45) is 1.51. The predicted octanol–water partition coefficient (Wildman–Crippen LogP) is 2.81. The van der Waals surface area contributed by atoms with E-state index in [9.17, 15) is 9.90 Å². The molecule has 5 heteroatoms. The lowest BCUT2D eigenvalue weighted by Gasteiger charge is -2.15. The van der Waals surface area contributed by atoms with E-state index in [0.29, 0.717) is 11.3 Å². The Morgan fingerprint density at radius 2 is 2.26 bits per heavy atom. The number of carbonyl (C=O) groups is 1. The van der Waals surface area contributed by atoms with Gasteiger partial charge in [-0.2, -0.15) is 0 Å². The van der Waals surface area contributed by atoms with E-state index in [4.69, 9.17) is 4.42 Å². The van der Waals surface area contributed by atoms with Crippen LogP contribution in [0.15, 0.2) is 45.5 Å². The lowest BCUT2D eigenvalue weighted by Crippen LogP contribution is -2.31. The van der Waals surface area contributed by atoms with Gasteiger partial charge in [-0.05, 0) is 36.8 Å². The molecule has 1 atom stereocenters. The minimum Gasteiger partial charge on any atom is -0.467 e. The Bertz CT molecular complexity index is 566. The topological polar surface area (TPSA) is 62.5 Å². The van der Waals surface area contributed by atoms with Gasteiger partial charge < -0.3 is 14.8 Å². The number of carbonyl (C=O) groups excluding carboxylic acids is 1. The molecule has 0 saturated carbocycles. The van der Waals surface area contributed by atoms with Crippen LogP contribution < -0.4 is 5.32 Å². The molecular weight excluding hydrogens is 310 g/mol. The molecule has 2 N–H and O–H groups in total. The monoisotopic (exact) mass is 323 g/mol. The normalized spacial score (nSPS) is 12.2. The second kappa shape index (κ2) is 6.04. The summed E-state index contributed by atoms with van der Waals surface area (Å²) in [5, 5.41) is 12.1. The van der Waals surface area contributed by atoms with E-state index in [-0.39, 0.29) is 12.5 Å². The quantitative estimate of drug-likeness (QED) is 0.909. The fraction of sp³-hybridized carbons (Fsp3) is 0.214. The summed E-state index contributed by atoms with van der Waals surface area (Å²) < 4.78 is 6.03. The molecule has 0 aliphatic heterocycles. The van der Waals surface area contributed by atoms with Crippen molar-refractivity contribution in [2.75, 3.05) is 6.61 Å². The molecule has 1 aromatic carbocycles. The molecular formula is C14H14BrNO3. The zero-order valence-electron chi connectivity index (χ0n) is 10.4. The number of rotatable bonds is 4. The zero-order chi connectivity index (χ0) is 13.8. The molecule has 0 spiro atoms. The van der Waals surface area contributed by atoms with Gasteiger partial charge in [0.1, 0.15) is 11.8 Å². The summed E-state index contributed by atoms with van der Waals surface area (Å²) >= 11 is 3.34. The second-order valence-corrected chi connectivity index (χ2v) is 5.10. The number of aryl methyl sites for hydroxylation is 1. The van der Waals surface area contributed by atoms with Crippen molar-refractivity contribution < 1.29 is 14.3 Å². The molecule has 0 fully saturated rings. The Morgan fingerprint density at radius 3 is 2.89 bits per heavy atom. The molecule has 1 aromatic heterocycles. The van der Waals surface area contributed by atoms with Crippen LogP contribution in [0.5, 0.6) is 0 Å². The van der Waals surface area contributed by atoms with Gasteiger partial charge in [0.05, 0.1) is 12.9 Å². The molecule has 0 aliphatic rings. The fourth-order valence-corrected chi connectivity index (χ4v) is 2.13. The van der Waals surface area contributed by atoms with Crippen LogP contribution in [-0.4, -0.2) is 17.6 Å². The first-order chi connectivity index (χ1) is 9.11. The smallest absolute Gasteiger partial charge is 0.252 e. The SMILES string of the molecule is Cc1ccc(Br)cc1C(=O)NC(CO)c1ccco1. The third kappa shape index (κ3) is 3.24. The molecule has 4 nitrogen and oxygen atoms in total. The van der Waals surface area contributed by atoms with Gasteiger partial charge in [0, 0.05) is 10.0 Å². The average Bonchev–Trinajstić information content (AvgIpc) is 2.92. The van der Waals surface area contributed by atoms with Crippen molar-refractivity contribution in [2.24, 2.45) is 0 Å². The molecule has 0 aliphatic carbocycles. The number of furan rings is 1. The van der Waals surface area contributed by atoms with Crippen molar-refractivity contribution in [3.8, 4) is 0 Å². The third-order valence-corrected chi connectivity index (χ3v) is 3.31. The Kier molecular flexibility index (Phi) is 4.39. The molecule has 100 valence electrons. The summed E-state index contributed by atoms with van der Waals surface area (Å²) in [6, 6.07) is 8.38. The second-order valence-electron chi connectivity index (χ2n) is 4.18. The lowest BCUT2D eigenvalue weighted by molar-refractivity contribution is 0.0906. The Hall–Kier alpha value is -1.59. The summed E-state index contributed by atoms with van der Waals surface area (Å²) in [5.74, 6) is 0.290. The van der Waals surface area contributed by atoms with Crippen molar-refractivity contribution in [3.05, 3.63) is 58.0 Å². The zero-order valence-corrected chi connectivity index (χ0v) is 12.0. The van der Waals surface area contributed by atoms with Crippen LogP contribution in [0.1, 0.15) is 27.7 Å². The molecule has 2 aromatic rings. The van der Waals surface area contributed by atoms with Crippen molar-refractivity contribution in [3.63, 3.8) is 0 Å². The largest absolute Gasteiger partial charge is 0.467 e. The standard InChI is InChI=1S/C14H14BrNO3/c1-9-4-5-10(15)7-11(9)14(18)16-12(8-17)13-3-2-6-19-13/h2-7,12,17H,8H2,1H3,(H,16,18). The summed E-state index contributed by atoms with van der Waals surface area (Å²) in [5.41, 5.74) is 1.44. The number of hydrogen-bond donors (Lipinski definition) is 2. The van der Waals surface area contributed by atoms with E-state index in [1.165, 1.54) is 6.26 Å². The fourth-order valence-electron chi connectivity index (χ4n) is 1.77. The predicted molar refractivity (Wildman–Crippen MR) is 74.9 cm³/mol. The maximum absolute atomic E-state index is 12.2. The Balaban J connectivity index is 2.18. The van der Waals surface area contributed by atoms with Gasteiger partial charge in [0.15, 0.2) is 0 Å². The number of benzene rings is 1. The first kappa shape index (κ1) is 13.8. The minimum absolute atomic E-state index is 0.216. The van der Waals surface area contributed by atoms with Gasteiger partial charge in [-0.25, -0.2) is 0 Å². The van der Waals surface area contributed by atoms with Crippen LogP contribution in [0.4, 0.5) is 0 Å². The number of nitrogens with one attached hydrogen (secondary N) is 1. The van der Waals surface area contributed by atoms with E-state index in [0.717, 1.165) is 10.0 Å². The van der Waals surface area contributed by atoms with E-state index in [2.05, 4.69) is 21.2 Å². The van der Waals surface area contributed by atoms with E-state index >= 15 is 0 Å². The Labute approximate surface area is 119 Å². The number of aliphatic hydroxyl groups excluding tert-OH is 1. The number of aliphatic hydroxyl groups is 1. The van der Waals surface area contributed by atoms with Crippen molar-refractivity contribution in [1.82, 2.24) is 5.32 Å². The average molecular weight is 324 g/mol. The van der Waals surface area contributed by atoms with Gasteiger partial charge >= 0.3 is 0 Å². The molecule has 1 amide bonds. The molecule has 1 unspecified atom stereocenters. The number of halogens is 1. The van der Waals surface area contributed by atoms with Crippen LogP contribution in [-0.2, 0) is 0 Å². The van der Waals surface area contributed by atoms with Crippen LogP contribution in [0.25, 0.3) is 0 Å². The summed E-state index contributed by atoms with van der Waals surface area (Å²) in [6.45, 7) is 1.65. The first-order valence-corrected chi connectivity index (χ1v) is 6.62. The lowest BCUT2D eigenvalue weighted by atomic mass is 10.1. The van der Waals surface area contributed by atoms with E-state index < -0.39 is 6.04 Å². The number of amides is 1. The van der Waals surface area contributed by atoms with Crippen LogP contribution in [0, 0.1) is 6.92 Å².